The zero-order valence-corrected chi connectivity index (χ0v) is 10.4. The average Bonchev–Trinajstić information content (AvgIpc) is 2.30. The lowest BCUT2D eigenvalue weighted by Crippen LogP contribution is -1.97. The van der Waals surface area contributed by atoms with E-state index >= 15 is 0 Å². The fraction of sp³-hybridized carbons (Fsp3) is 0.0833. The van der Waals surface area contributed by atoms with Crippen LogP contribution in [0.25, 0.3) is 0 Å². The largest absolute Gasteiger partial charge is 0.486 e. The zero-order valence-electron chi connectivity index (χ0n) is 8.86. The van der Waals surface area contributed by atoms with Gasteiger partial charge < -0.3 is 10.5 Å². The van der Waals surface area contributed by atoms with E-state index in [9.17, 15) is 0 Å². The number of pyridine rings is 1. The third-order valence-corrected chi connectivity index (χ3v) is 2.70. The second-order valence-corrected chi connectivity index (χ2v) is 4.30. The quantitative estimate of drug-likeness (QED) is 0.926. The monoisotopic (exact) mass is 268 g/mol. The van der Waals surface area contributed by atoms with Crippen LogP contribution < -0.4 is 10.5 Å². The number of nitrogens with two attached hydrogens (primary N) is 1. The minimum atomic E-state index is 0.369. The van der Waals surface area contributed by atoms with Gasteiger partial charge in [0.1, 0.15) is 12.4 Å². The van der Waals surface area contributed by atoms with E-state index in [2.05, 4.69) is 4.98 Å². The van der Waals surface area contributed by atoms with Crippen LogP contribution in [-0.4, -0.2) is 4.98 Å². The average molecular weight is 269 g/mol. The predicted molar refractivity (Wildman–Crippen MR) is 69.4 cm³/mol. The minimum absolute atomic E-state index is 0.369. The summed E-state index contributed by atoms with van der Waals surface area (Å²) in [6, 6.07) is 8.95. The number of anilines is 1. The van der Waals surface area contributed by atoms with Crippen molar-refractivity contribution in [1.29, 1.82) is 0 Å². The number of benzene rings is 1. The molecule has 0 saturated carbocycles. The summed E-state index contributed by atoms with van der Waals surface area (Å²) in [6.45, 7) is 0.405. The van der Waals surface area contributed by atoms with Crippen molar-refractivity contribution >= 4 is 29.0 Å². The Hall–Kier alpha value is -1.45. The molecule has 2 N–H and O–H groups in total. The molecule has 88 valence electrons. The molecule has 1 aromatic carbocycles. The molecule has 2 rings (SSSR count). The molecule has 0 radical (unpaired) electrons. The molecule has 0 amide bonds. The number of ether oxygens (including phenoxy) is 1. The fourth-order valence-corrected chi connectivity index (χ4v) is 1.62. The Balaban J connectivity index is 2.04. The lowest BCUT2D eigenvalue weighted by atomic mass is 10.2. The first-order valence-corrected chi connectivity index (χ1v) is 5.69. The maximum atomic E-state index is 5.95. The molecule has 2 aromatic rings. The molecule has 1 heterocycles. The van der Waals surface area contributed by atoms with Gasteiger partial charge in [-0.25, -0.2) is 4.98 Å². The van der Waals surface area contributed by atoms with E-state index < -0.39 is 0 Å². The Morgan fingerprint density at radius 2 is 1.88 bits per heavy atom. The molecule has 3 nitrogen and oxygen atoms in total. The lowest BCUT2D eigenvalue weighted by Gasteiger charge is -2.07. The van der Waals surface area contributed by atoms with E-state index in [1.54, 1.807) is 6.07 Å². The Bertz CT molecular complexity index is 514. The van der Waals surface area contributed by atoms with Gasteiger partial charge in [-0.3, -0.25) is 0 Å². The van der Waals surface area contributed by atoms with Crippen molar-refractivity contribution in [2.24, 2.45) is 0 Å². The standard InChI is InChI=1S/C12H10Cl2N2O/c13-9-3-1-8(2-4-9)7-17-11-6-16-12(15)5-10(11)14/h1-6H,7H2,(H2,15,16). The van der Waals surface area contributed by atoms with Crippen molar-refractivity contribution in [1.82, 2.24) is 4.98 Å². The van der Waals surface area contributed by atoms with Crippen LogP contribution in [-0.2, 0) is 6.61 Å². The van der Waals surface area contributed by atoms with Crippen LogP contribution in [0.4, 0.5) is 5.82 Å². The normalized spacial score (nSPS) is 10.2. The summed E-state index contributed by atoms with van der Waals surface area (Å²) in [6.07, 6.45) is 1.51. The SMILES string of the molecule is Nc1cc(Cl)c(OCc2ccc(Cl)cc2)cn1. The van der Waals surface area contributed by atoms with Crippen LogP contribution in [0.1, 0.15) is 5.56 Å². The number of nitrogen functional groups attached to an aromatic ring is 1. The smallest absolute Gasteiger partial charge is 0.156 e. The number of nitrogens with zero attached hydrogens (tertiary/aromatic N) is 1. The molecule has 0 atom stereocenters. The zero-order chi connectivity index (χ0) is 12.3. The van der Waals surface area contributed by atoms with Crippen molar-refractivity contribution < 1.29 is 4.74 Å². The van der Waals surface area contributed by atoms with Crippen LogP contribution in [0.5, 0.6) is 5.75 Å². The van der Waals surface area contributed by atoms with Gasteiger partial charge in [0.25, 0.3) is 0 Å². The van der Waals surface area contributed by atoms with Crippen molar-refractivity contribution in [3.05, 3.63) is 52.1 Å². The van der Waals surface area contributed by atoms with Crippen LogP contribution in [0.15, 0.2) is 36.5 Å². The molecule has 0 aliphatic heterocycles. The summed E-state index contributed by atoms with van der Waals surface area (Å²) in [4.78, 5) is 3.91. The molecule has 5 heteroatoms. The number of rotatable bonds is 3. The van der Waals surface area contributed by atoms with Gasteiger partial charge in [-0.2, -0.15) is 0 Å². The highest BCUT2D eigenvalue weighted by molar-refractivity contribution is 6.32. The van der Waals surface area contributed by atoms with Crippen LogP contribution >= 0.6 is 23.2 Å². The Labute approximate surface area is 109 Å². The summed E-state index contributed by atoms with van der Waals surface area (Å²) in [5.74, 6) is 0.879. The summed E-state index contributed by atoms with van der Waals surface area (Å²) >= 11 is 11.7. The van der Waals surface area contributed by atoms with Gasteiger partial charge in [-0.1, -0.05) is 35.3 Å². The van der Waals surface area contributed by atoms with Gasteiger partial charge in [-0.15, -0.1) is 0 Å². The van der Waals surface area contributed by atoms with Crippen molar-refractivity contribution in [2.75, 3.05) is 5.73 Å². The van der Waals surface area contributed by atoms with E-state index in [1.807, 2.05) is 24.3 Å². The number of halogens is 2. The molecule has 0 unspecified atom stereocenters. The molecular formula is C12H10Cl2N2O. The highest BCUT2D eigenvalue weighted by Crippen LogP contribution is 2.25. The maximum absolute atomic E-state index is 5.95. The van der Waals surface area contributed by atoms with Gasteiger partial charge >= 0.3 is 0 Å². The molecule has 0 fully saturated rings. The Morgan fingerprint density at radius 3 is 2.53 bits per heavy atom. The van der Waals surface area contributed by atoms with E-state index in [0.717, 1.165) is 5.56 Å². The molecule has 0 aliphatic carbocycles. The molecule has 0 spiro atoms. The van der Waals surface area contributed by atoms with Gasteiger partial charge in [-0.05, 0) is 17.7 Å². The molecule has 1 aromatic heterocycles. The number of aromatic nitrogens is 1. The van der Waals surface area contributed by atoms with Crippen molar-refractivity contribution in [3.8, 4) is 5.75 Å². The summed E-state index contributed by atoms with van der Waals surface area (Å²) in [7, 11) is 0. The number of hydrogen-bond donors (Lipinski definition) is 1. The lowest BCUT2D eigenvalue weighted by molar-refractivity contribution is 0.305. The molecule has 0 bridgehead atoms. The Kier molecular flexibility index (Phi) is 3.71. The van der Waals surface area contributed by atoms with Crippen LogP contribution in [0, 0.1) is 0 Å². The molecular weight excluding hydrogens is 259 g/mol. The topological polar surface area (TPSA) is 48.1 Å². The maximum Gasteiger partial charge on any atom is 0.156 e. The van der Waals surface area contributed by atoms with Gasteiger partial charge in [0, 0.05) is 11.1 Å². The van der Waals surface area contributed by atoms with Gasteiger partial charge in [0.15, 0.2) is 5.75 Å². The molecule has 17 heavy (non-hydrogen) atoms. The van der Waals surface area contributed by atoms with E-state index in [4.69, 9.17) is 33.7 Å². The highest BCUT2D eigenvalue weighted by Gasteiger charge is 2.03. The van der Waals surface area contributed by atoms with Crippen LogP contribution in [0.3, 0.4) is 0 Å². The van der Waals surface area contributed by atoms with Gasteiger partial charge in [0.2, 0.25) is 0 Å². The first-order valence-electron chi connectivity index (χ1n) is 4.93. The third kappa shape index (κ3) is 3.25. The minimum Gasteiger partial charge on any atom is -0.486 e. The third-order valence-electron chi connectivity index (χ3n) is 2.15. The highest BCUT2D eigenvalue weighted by atomic mass is 35.5. The van der Waals surface area contributed by atoms with Gasteiger partial charge in [0.05, 0.1) is 11.2 Å². The second-order valence-electron chi connectivity index (χ2n) is 3.45. The molecule has 0 aliphatic rings. The van der Waals surface area contributed by atoms with E-state index in [1.165, 1.54) is 6.20 Å². The van der Waals surface area contributed by atoms with E-state index in [-0.39, 0.29) is 0 Å². The van der Waals surface area contributed by atoms with Crippen molar-refractivity contribution in [3.63, 3.8) is 0 Å². The summed E-state index contributed by atoms with van der Waals surface area (Å²) in [5.41, 5.74) is 6.49. The first-order chi connectivity index (χ1) is 8.15. The molecule has 0 saturated heterocycles. The second kappa shape index (κ2) is 5.25. The van der Waals surface area contributed by atoms with Crippen LogP contribution in [0.2, 0.25) is 10.0 Å². The first kappa shape index (κ1) is 12.0. The summed E-state index contributed by atoms with van der Waals surface area (Å²) < 4.78 is 5.52. The predicted octanol–water partition coefficient (Wildman–Crippen LogP) is 3.55. The Morgan fingerprint density at radius 1 is 1.18 bits per heavy atom. The summed E-state index contributed by atoms with van der Waals surface area (Å²) in [5, 5.41) is 1.15. The fourth-order valence-electron chi connectivity index (χ4n) is 1.28. The van der Waals surface area contributed by atoms with Crippen molar-refractivity contribution in [2.45, 2.75) is 6.61 Å². The number of hydrogen-bond acceptors (Lipinski definition) is 3. The van der Waals surface area contributed by atoms with E-state index in [0.29, 0.717) is 28.2 Å².